The van der Waals surface area contributed by atoms with Crippen molar-refractivity contribution < 1.29 is 23.1 Å². The molecule has 3 nitrogen and oxygen atoms in total. The van der Waals surface area contributed by atoms with E-state index in [4.69, 9.17) is 0 Å². The summed E-state index contributed by atoms with van der Waals surface area (Å²) in [6.45, 7) is 5.11. The second kappa shape index (κ2) is 7.19. The van der Waals surface area contributed by atoms with Gasteiger partial charge in [0.05, 0.1) is 16.8 Å². The summed E-state index contributed by atoms with van der Waals surface area (Å²) in [5.41, 5.74) is 2.06. The van der Waals surface area contributed by atoms with Crippen molar-refractivity contribution in [1.29, 1.82) is 0 Å². The lowest BCUT2D eigenvalue weighted by Gasteiger charge is -2.18. The smallest absolute Gasteiger partial charge is 0.418 e. The van der Waals surface area contributed by atoms with E-state index in [0.717, 1.165) is 18.1 Å². The third-order valence-electron chi connectivity index (χ3n) is 4.90. The molecule has 2 aromatic carbocycles. The Balaban J connectivity index is 2.19. The Morgan fingerprint density at radius 3 is 2.11 bits per heavy atom. The molecule has 146 valence electrons. The average Bonchev–Trinajstić information content (AvgIpc) is 2.95. The molecule has 6 heteroatoms. The number of hydrogen-bond acceptors (Lipinski definition) is 1. The van der Waals surface area contributed by atoms with Crippen LogP contribution in [0.2, 0.25) is 0 Å². The number of aromatic nitrogens is 1. The fourth-order valence-electron chi connectivity index (χ4n) is 3.42. The van der Waals surface area contributed by atoms with Crippen LogP contribution in [0.25, 0.3) is 16.8 Å². The Labute approximate surface area is 161 Å². The highest BCUT2D eigenvalue weighted by atomic mass is 19.4. The van der Waals surface area contributed by atoms with Crippen molar-refractivity contribution in [1.82, 2.24) is 4.57 Å². The van der Waals surface area contributed by atoms with Crippen LogP contribution in [-0.2, 0) is 12.6 Å². The van der Waals surface area contributed by atoms with Crippen LogP contribution in [0.5, 0.6) is 0 Å². The molecule has 0 radical (unpaired) electrons. The first-order valence-electron chi connectivity index (χ1n) is 8.86. The summed E-state index contributed by atoms with van der Waals surface area (Å²) >= 11 is 0. The van der Waals surface area contributed by atoms with Gasteiger partial charge in [0.2, 0.25) is 0 Å². The number of nitrogens with zero attached hydrogens (tertiary/aromatic N) is 1. The van der Waals surface area contributed by atoms with Gasteiger partial charge >= 0.3 is 12.1 Å². The first-order chi connectivity index (χ1) is 13.1. The van der Waals surface area contributed by atoms with Gasteiger partial charge in [0, 0.05) is 11.4 Å². The number of carboxylic acid groups (broad SMARTS) is 1. The van der Waals surface area contributed by atoms with Crippen LogP contribution >= 0.6 is 0 Å². The molecule has 0 fully saturated rings. The average molecular weight is 387 g/mol. The van der Waals surface area contributed by atoms with Crippen molar-refractivity contribution in [2.24, 2.45) is 0 Å². The highest BCUT2D eigenvalue weighted by Crippen LogP contribution is 2.38. The number of benzene rings is 2. The number of aromatic carboxylic acids is 1. The minimum absolute atomic E-state index is 0.00939. The van der Waals surface area contributed by atoms with Gasteiger partial charge in [-0.05, 0) is 55.2 Å². The van der Waals surface area contributed by atoms with E-state index < -0.39 is 17.7 Å². The first-order valence-corrected chi connectivity index (χ1v) is 8.86. The van der Waals surface area contributed by atoms with Gasteiger partial charge in [0.15, 0.2) is 0 Å². The molecule has 1 N–H and O–H groups in total. The third kappa shape index (κ3) is 3.54. The van der Waals surface area contributed by atoms with Crippen LogP contribution in [0.3, 0.4) is 0 Å². The topological polar surface area (TPSA) is 42.2 Å². The van der Waals surface area contributed by atoms with E-state index >= 15 is 0 Å². The summed E-state index contributed by atoms with van der Waals surface area (Å²) in [6.07, 6.45) is -3.73. The molecule has 0 aliphatic heterocycles. The molecular formula is C22H20F3NO2. The fraction of sp³-hybridized carbons (Fsp3) is 0.227. The minimum atomic E-state index is -4.58. The van der Waals surface area contributed by atoms with Gasteiger partial charge in [-0.15, -0.1) is 0 Å². The quantitative estimate of drug-likeness (QED) is 0.593. The number of halogens is 3. The van der Waals surface area contributed by atoms with Gasteiger partial charge < -0.3 is 9.67 Å². The zero-order valence-electron chi connectivity index (χ0n) is 15.8. The van der Waals surface area contributed by atoms with E-state index in [1.54, 1.807) is 13.0 Å². The lowest BCUT2D eigenvalue weighted by atomic mass is 9.99. The van der Waals surface area contributed by atoms with Crippen molar-refractivity contribution >= 4 is 5.97 Å². The van der Waals surface area contributed by atoms with Crippen LogP contribution in [-0.4, -0.2) is 15.6 Å². The molecule has 0 amide bonds. The lowest BCUT2D eigenvalue weighted by molar-refractivity contribution is -0.137. The van der Waals surface area contributed by atoms with Crippen LogP contribution in [0.1, 0.15) is 39.8 Å². The Morgan fingerprint density at radius 1 is 1.00 bits per heavy atom. The normalized spacial score (nSPS) is 11.6. The maximum Gasteiger partial charge on any atom is 0.418 e. The molecule has 0 bridgehead atoms. The van der Waals surface area contributed by atoms with Crippen LogP contribution < -0.4 is 0 Å². The SMILES string of the molecule is CCc1ccc(-c2ccc(-n3c(C)cc(C(=O)O)c3C)c(C(F)(F)F)c2)cc1. The zero-order valence-corrected chi connectivity index (χ0v) is 15.8. The van der Waals surface area contributed by atoms with E-state index in [9.17, 15) is 23.1 Å². The van der Waals surface area contributed by atoms with Crippen LogP contribution in [0.4, 0.5) is 13.2 Å². The number of rotatable bonds is 4. The Kier molecular flexibility index (Phi) is 5.06. The molecular weight excluding hydrogens is 367 g/mol. The van der Waals surface area contributed by atoms with Crippen molar-refractivity contribution in [3.05, 3.63) is 76.6 Å². The summed E-state index contributed by atoms with van der Waals surface area (Å²) in [7, 11) is 0. The molecule has 28 heavy (non-hydrogen) atoms. The van der Waals surface area contributed by atoms with E-state index in [1.165, 1.54) is 23.6 Å². The predicted molar refractivity (Wildman–Crippen MR) is 102 cm³/mol. The molecule has 1 heterocycles. The minimum Gasteiger partial charge on any atom is -0.478 e. The monoisotopic (exact) mass is 387 g/mol. The van der Waals surface area contributed by atoms with Crippen molar-refractivity contribution in [2.45, 2.75) is 33.4 Å². The van der Waals surface area contributed by atoms with E-state index in [0.29, 0.717) is 16.8 Å². The van der Waals surface area contributed by atoms with Gasteiger partial charge in [0.1, 0.15) is 0 Å². The number of hydrogen-bond donors (Lipinski definition) is 1. The molecule has 0 spiro atoms. The first kappa shape index (κ1) is 19.7. The number of aryl methyl sites for hydroxylation is 2. The summed E-state index contributed by atoms with van der Waals surface area (Å²) < 4.78 is 42.9. The van der Waals surface area contributed by atoms with Gasteiger partial charge in [-0.25, -0.2) is 4.79 Å². The van der Waals surface area contributed by atoms with Crippen molar-refractivity contribution in [3.8, 4) is 16.8 Å². The largest absolute Gasteiger partial charge is 0.478 e. The fourth-order valence-corrected chi connectivity index (χ4v) is 3.42. The van der Waals surface area contributed by atoms with Gasteiger partial charge in [-0.3, -0.25) is 0 Å². The van der Waals surface area contributed by atoms with Gasteiger partial charge in [-0.2, -0.15) is 13.2 Å². The molecule has 1 aromatic heterocycles. The maximum absolute atomic E-state index is 13.8. The Morgan fingerprint density at radius 2 is 1.61 bits per heavy atom. The van der Waals surface area contributed by atoms with Crippen molar-refractivity contribution in [3.63, 3.8) is 0 Å². The molecule has 0 aliphatic carbocycles. The van der Waals surface area contributed by atoms with Crippen LogP contribution in [0, 0.1) is 13.8 Å². The molecule has 0 unspecified atom stereocenters. The summed E-state index contributed by atoms with van der Waals surface area (Å²) in [5.74, 6) is -1.17. The molecule has 0 atom stereocenters. The van der Waals surface area contributed by atoms with Crippen molar-refractivity contribution in [2.75, 3.05) is 0 Å². The Hall–Kier alpha value is -3.02. The maximum atomic E-state index is 13.8. The van der Waals surface area contributed by atoms with Gasteiger partial charge in [-0.1, -0.05) is 37.3 Å². The van der Waals surface area contributed by atoms with E-state index in [-0.39, 0.29) is 16.9 Å². The molecule has 0 aliphatic rings. The van der Waals surface area contributed by atoms with E-state index in [1.807, 2.05) is 31.2 Å². The highest BCUT2D eigenvalue weighted by molar-refractivity contribution is 5.89. The molecule has 3 rings (SSSR count). The van der Waals surface area contributed by atoms with E-state index in [2.05, 4.69) is 0 Å². The summed E-state index contributed by atoms with van der Waals surface area (Å²) in [4.78, 5) is 11.4. The number of carbonyl (C=O) groups is 1. The highest BCUT2D eigenvalue weighted by Gasteiger charge is 2.35. The number of carboxylic acids is 1. The van der Waals surface area contributed by atoms with Gasteiger partial charge in [0.25, 0.3) is 0 Å². The number of alkyl halides is 3. The molecule has 3 aromatic rings. The predicted octanol–water partition coefficient (Wildman–Crippen LogP) is 6.04. The van der Waals surface area contributed by atoms with Crippen LogP contribution in [0.15, 0.2) is 48.5 Å². The Bertz CT molecular complexity index is 1030. The third-order valence-corrected chi connectivity index (χ3v) is 4.90. The standard InChI is InChI=1S/C22H20F3NO2/c1-4-15-5-7-16(8-6-15)17-9-10-20(19(12-17)22(23,24)25)26-13(2)11-18(14(26)3)21(27)28/h5-12H,4H2,1-3H3,(H,27,28). The zero-order chi connectivity index (χ0) is 20.6. The second-order valence-corrected chi connectivity index (χ2v) is 6.71. The summed E-state index contributed by atoms with van der Waals surface area (Å²) in [6, 6.07) is 12.9. The lowest BCUT2D eigenvalue weighted by Crippen LogP contribution is -2.13. The summed E-state index contributed by atoms with van der Waals surface area (Å²) in [5, 5.41) is 9.28. The molecule has 0 saturated carbocycles. The molecule has 0 saturated heterocycles. The second-order valence-electron chi connectivity index (χ2n) is 6.71.